The lowest BCUT2D eigenvalue weighted by Crippen LogP contribution is -2.18. The number of benzene rings is 1. The van der Waals surface area contributed by atoms with Gasteiger partial charge in [0.1, 0.15) is 5.82 Å². The molecule has 0 amide bonds. The standard InChI is InChI=1S/C14H17BrFN3/c1-17-13(7-6-10-8-18-19(2)9-10)11-4-3-5-12(16)14(11)15/h3-5,8-9,13,17H,6-7H2,1-2H3. The number of nitrogens with zero attached hydrogens (tertiary/aromatic N) is 2. The summed E-state index contributed by atoms with van der Waals surface area (Å²) in [5.74, 6) is -0.223. The Morgan fingerprint density at radius 3 is 2.89 bits per heavy atom. The van der Waals surface area contributed by atoms with E-state index in [2.05, 4.69) is 26.3 Å². The van der Waals surface area contributed by atoms with Gasteiger partial charge < -0.3 is 5.32 Å². The van der Waals surface area contributed by atoms with Crippen LogP contribution in [0, 0.1) is 5.82 Å². The number of aromatic nitrogens is 2. The molecule has 0 spiro atoms. The maximum absolute atomic E-state index is 13.6. The molecule has 1 N–H and O–H groups in total. The molecule has 1 aromatic carbocycles. The maximum Gasteiger partial charge on any atom is 0.137 e. The van der Waals surface area contributed by atoms with E-state index in [9.17, 15) is 4.39 Å². The van der Waals surface area contributed by atoms with Gasteiger partial charge in [0.2, 0.25) is 0 Å². The van der Waals surface area contributed by atoms with Gasteiger partial charge >= 0.3 is 0 Å². The van der Waals surface area contributed by atoms with Crippen LogP contribution in [0.5, 0.6) is 0 Å². The summed E-state index contributed by atoms with van der Waals surface area (Å²) in [7, 11) is 3.80. The highest BCUT2D eigenvalue weighted by Gasteiger charge is 2.15. The fraction of sp³-hybridized carbons (Fsp3) is 0.357. The minimum Gasteiger partial charge on any atom is -0.313 e. The van der Waals surface area contributed by atoms with Gasteiger partial charge in [0.05, 0.1) is 10.7 Å². The molecule has 1 unspecified atom stereocenters. The zero-order chi connectivity index (χ0) is 13.8. The highest BCUT2D eigenvalue weighted by atomic mass is 79.9. The lowest BCUT2D eigenvalue weighted by atomic mass is 10.0. The second-order valence-corrected chi connectivity index (χ2v) is 5.34. The average Bonchev–Trinajstić information content (AvgIpc) is 2.81. The summed E-state index contributed by atoms with van der Waals surface area (Å²) >= 11 is 3.32. The van der Waals surface area contributed by atoms with Crippen molar-refractivity contribution in [3.05, 3.63) is 52.0 Å². The Morgan fingerprint density at radius 1 is 1.47 bits per heavy atom. The molecule has 5 heteroatoms. The van der Waals surface area contributed by atoms with E-state index >= 15 is 0 Å². The third-order valence-corrected chi connectivity index (χ3v) is 4.02. The molecule has 2 rings (SSSR count). The molecular weight excluding hydrogens is 309 g/mol. The SMILES string of the molecule is CNC(CCc1cnn(C)c1)c1cccc(F)c1Br. The topological polar surface area (TPSA) is 29.9 Å². The van der Waals surface area contributed by atoms with Gasteiger partial charge in [-0.3, -0.25) is 4.68 Å². The van der Waals surface area contributed by atoms with E-state index in [-0.39, 0.29) is 11.9 Å². The van der Waals surface area contributed by atoms with Crippen LogP contribution in [0.4, 0.5) is 4.39 Å². The molecule has 1 aromatic heterocycles. The van der Waals surface area contributed by atoms with Crippen LogP contribution in [0.15, 0.2) is 35.1 Å². The quantitative estimate of drug-likeness (QED) is 0.914. The predicted molar refractivity (Wildman–Crippen MR) is 77.4 cm³/mol. The first-order valence-electron chi connectivity index (χ1n) is 6.20. The molecule has 0 radical (unpaired) electrons. The van der Waals surface area contributed by atoms with Crippen LogP contribution < -0.4 is 5.32 Å². The molecule has 1 atom stereocenters. The molecule has 3 nitrogen and oxygen atoms in total. The second-order valence-electron chi connectivity index (χ2n) is 4.55. The van der Waals surface area contributed by atoms with Crippen molar-refractivity contribution >= 4 is 15.9 Å². The first kappa shape index (κ1) is 14.2. The van der Waals surface area contributed by atoms with Crippen molar-refractivity contribution in [3.63, 3.8) is 0 Å². The largest absolute Gasteiger partial charge is 0.313 e. The lowest BCUT2D eigenvalue weighted by Gasteiger charge is -2.18. The molecule has 19 heavy (non-hydrogen) atoms. The van der Waals surface area contributed by atoms with Crippen molar-refractivity contribution in [2.75, 3.05) is 7.05 Å². The summed E-state index contributed by atoms with van der Waals surface area (Å²) < 4.78 is 15.9. The van der Waals surface area contributed by atoms with Crippen LogP contribution in [-0.4, -0.2) is 16.8 Å². The Hall–Kier alpha value is -1.20. The summed E-state index contributed by atoms with van der Waals surface area (Å²) in [6.45, 7) is 0. The van der Waals surface area contributed by atoms with Crippen molar-refractivity contribution in [2.24, 2.45) is 7.05 Å². The maximum atomic E-state index is 13.6. The molecule has 0 saturated heterocycles. The number of halogens is 2. The Balaban J connectivity index is 2.09. The van der Waals surface area contributed by atoms with Gasteiger partial charge in [-0.2, -0.15) is 5.10 Å². The van der Waals surface area contributed by atoms with Crippen LogP contribution in [0.25, 0.3) is 0 Å². The monoisotopic (exact) mass is 325 g/mol. The van der Waals surface area contributed by atoms with Gasteiger partial charge in [-0.15, -0.1) is 0 Å². The number of nitrogens with one attached hydrogen (secondary N) is 1. The van der Waals surface area contributed by atoms with E-state index < -0.39 is 0 Å². The zero-order valence-corrected chi connectivity index (χ0v) is 12.6. The van der Waals surface area contributed by atoms with Gasteiger partial charge in [0.25, 0.3) is 0 Å². The normalized spacial score (nSPS) is 12.6. The Labute approximate surface area is 121 Å². The number of aryl methyl sites for hydroxylation is 2. The van der Waals surface area contributed by atoms with E-state index in [1.165, 1.54) is 11.6 Å². The van der Waals surface area contributed by atoms with Crippen LogP contribution in [0.1, 0.15) is 23.6 Å². The lowest BCUT2D eigenvalue weighted by molar-refractivity contribution is 0.538. The molecule has 102 valence electrons. The van der Waals surface area contributed by atoms with E-state index in [0.717, 1.165) is 18.4 Å². The summed E-state index contributed by atoms with van der Waals surface area (Å²) in [6.07, 6.45) is 5.67. The third-order valence-electron chi connectivity index (χ3n) is 3.19. The molecule has 0 saturated carbocycles. The zero-order valence-electron chi connectivity index (χ0n) is 11.0. The molecule has 0 aliphatic carbocycles. The fourth-order valence-electron chi connectivity index (χ4n) is 2.16. The van der Waals surface area contributed by atoms with E-state index in [4.69, 9.17) is 0 Å². The molecular formula is C14H17BrFN3. The van der Waals surface area contributed by atoms with E-state index in [1.54, 1.807) is 10.7 Å². The van der Waals surface area contributed by atoms with Gasteiger partial charge in [-0.25, -0.2) is 4.39 Å². The molecule has 2 aromatic rings. The summed E-state index contributed by atoms with van der Waals surface area (Å²) in [6, 6.07) is 5.26. The van der Waals surface area contributed by atoms with Crippen LogP contribution in [0.3, 0.4) is 0 Å². The number of rotatable bonds is 5. The molecule has 1 heterocycles. The van der Waals surface area contributed by atoms with Gasteiger partial charge in [-0.05, 0) is 53.0 Å². The molecule has 0 aliphatic heterocycles. The van der Waals surface area contributed by atoms with Gasteiger partial charge in [0.15, 0.2) is 0 Å². The van der Waals surface area contributed by atoms with Crippen LogP contribution in [-0.2, 0) is 13.5 Å². The number of hydrogen-bond donors (Lipinski definition) is 1. The van der Waals surface area contributed by atoms with Gasteiger partial charge in [-0.1, -0.05) is 12.1 Å². The van der Waals surface area contributed by atoms with E-state index in [0.29, 0.717) is 4.47 Å². The smallest absolute Gasteiger partial charge is 0.137 e. The fourth-order valence-corrected chi connectivity index (χ4v) is 2.70. The third kappa shape index (κ3) is 3.42. The minimum atomic E-state index is -0.223. The summed E-state index contributed by atoms with van der Waals surface area (Å²) in [5.41, 5.74) is 2.14. The summed E-state index contributed by atoms with van der Waals surface area (Å²) in [4.78, 5) is 0. The molecule has 0 aliphatic rings. The van der Waals surface area contributed by atoms with E-state index in [1.807, 2.05) is 32.6 Å². The first-order valence-corrected chi connectivity index (χ1v) is 7.00. The van der Waals surface area contributed by atoms with Crippen LogP contribution >= 0.6 is 15.9 Å². The summed E-state index contributed by atoms with van der Waals surface area (Å²) in [5, 5.41) is 7.39. The average molecular weight is 326 g/mol. The predicted octanol–water partition coefficient (Wildman–Crippen LogP) is 3.22. The van der Waals surface area contributed by atoms with Crippen molar-refractivity contribution in [3.8, 4) is 0 Å². The second kappa shape index (κ2) is 6.30. The highest BCUT2D eigenvalue weighted by Crippen LogP contribution is 2.28. The Bertz CT molecular complexity index is 553. The molecule has 0 bridgehead atoms. The Morgan fingerprint density at radius 2 is 2.26 bits per heavy atom. The van der Waals surface area contributed by atoms with Crippen LogP contribution in [0.2, 0.25) is 0 Å². The highest BCUT2D eigenvalue weighted by molar-refractivity contribution is 9.10. The Kier molecular flexibility index (Phi) is 4.71. The van der Waals surface area contributed by atoms with Gasteiger partial charge in [0, 0.05) is 19.3 Å². The van der Waals surface area contributed by atoms with Crippen molar-refractivity contribution < 1.29 is 4.39 Å². The molecule has 0 fully saturated rings. The first-order chi connectivity index (χ1) is 9.11. The van der Waals surface area contributed by atoms with Crippen molar-refractivity contribution in [1.29, 1.82) is 0 Å². The van der Waals surface area contributed by atoms with Crippen molar-refractivity contribution in [2.45, 2.75) is 18.9 Å². The minimum absolute atomic E-state index is 0.116. The van der Waals surface area contributed by atoms with Crippen molar-refractivity contribution in [1.82, 2.24) is 15.1 Å². The number of hydrogen-bond acceptors (Lipinski definition) is 2.